The zero-order valence-corrected chi connectivity index (χ0v) is 12.7. The molecule has 1 N–H and O–H groups in total. The Morgan fingerprint density at radius 2 is 2.38 bits per heavy atom. The Bertz CT molecular complexity index is 729. The number of nitrogens with zero attached hydrogens (tertiary/aromatic N) is 3. The smallest absolute Gasteiger partial charge is 0.311 e. The third-order valence-electron chi connectivity index (χ3n) is 5.11. The molecule has 21 heavy (non-hydrogen) atoms. The summed E-state index contributed by atoms with van der Waals surface area (Å²) in [7, 11) is 0. The molecule has 2 aliphatic rings. The second-order valence-electron chi connectivity index (χ2n) is 6.22. The van der Waals surface area contributed by atoms with Gasteiger partial charge in [0.15, 0.2) is 0 Å². The first-order valence-corrected chi connectivity index (χ1v) is 8.17. The van der Waals surface area contributed by atoms with Gasteiger partial charge in [-0.3, -0.25) is 4.79 Å². The zero-order valence-electron chi connectivity index (χ0n) is 11.9. The second-order valence-corrected chi connectivity index (χ2v) is 7.10. The molecule has 1 aliphatic heterocycles. The zero-order chi connectivity index (χ0) is 14.6. The number of anilines is 1. The van der Waals surface area contributed by atoms with Crippen LogP contribution in [0.4, 0.5) is 5.82 Å². The summed E-state index contributed by atoms with van der Waals surface area (Å²) in [6.45, 7) is 3.43. The van der Waals surface area contributed by atoms with Gasteiger partial charge >= 0.3 is 5.97 Å². The summed E-state index contributed by atoms with van der Waals surface area (Å²) in [6.07, 6.45) is 4.43. The van der Waals surface area contributed by atoms with Gasteiger partial charge in [-0.05, 0) is 36.6 Å². The van der Waals surface area contributed by atoms with E-state index in [0.717, 1.165) is 47.4 Å². The lowest BCUT2D eigenvalue weighted by Gasteiger charge is -2.23. The van der Waals surface area contributed by atoms with Gasteiger partial charge in [-0.1, -0.05) is 6.42 Å². The van der Waals surface area contributed by atoms with Gasteiger partial charge < -0.3 is 10.0 Å². The molecule has 3 heterocycles. The molecule has 0 radical (unpaired) electrons. The van der Waals surface area contributed by atoms with Crippen LogP contribution in [0.5, 0.6) is 0 Å². The first-order chi connectivity index (χ1) is 10.1. The minimum atomic E-state index is -0.639. The van der Waals surface area contributed by atoms with E-state index < -0.39 is 11.4 Å². The van der Waals surface area contributed by atoms with Gasteiger partial charge in [0.1, 0.15) is 12.1 Å². The van der Waals surface area contributed by atoms with Crippen LogP contribution in [0, 0.1) is 18.3 Å². The number of fused-ring (bicyclic) bond motifs is 2. The molecule has 6 heteroatoms. The maximum atomic E-state index is 11.8. The van der Waals surface area contributed by atoms with E-state index in [-0.39, 0.29) is 5.92 Å². The fourth-order valence-electron chi connectivity index (χ4n) is 3.98. The molecule has 1 saturated carbocycles. The quantitative estimate of drug-likeness (QED) is 0.924. The SMILES string of the molecule is Cc1csc2c(N3C[C@@H]4CCC[C@@]4(C(=O)O)C3)ncnc12. The van der Waals surface area contributed by atoms with Crippen LogP contribution in [-0.2, 0) is 4.79 Å². The van der Waals surface area contributed by atoms with Crippen molar-refractivity contribution < 1.29 is 9.90 Å². The van der Waals surface area contributed by atoms with Crippen LogP contribution in [0.1, 0.15) is 24.8 Å². The van der Waals surface area contributed by atoms with E-state index in [4.69, 9.17) is 0 Å². The van der Waals surface area contributed by atoms with Gasteiger partial charge in [-0.2, -0.15) is 0 Å². The molecule has 0 amide bonds. The minimum absolute atomic E-state index is 0.251. The Kier molecular flexibility index (Phi) is 2.73. The number of carboxylic acid groups (broad SMARTS) is 1. The van der Waals surface area contributed by atoms with Crippen LogP contribution in [0.2, 0.25) is 0 Å². The lowest BCUT2D eigenvalue weighted by atomic mass is 9.81. The summed E-state index contributed by atoms with van der Waals surface area (Å²) < 4.78 is 1.08. The molecule has 2 fully saturated rings. The van der Waals surface area contributed by atoms with Crippen molar-refractivity contribution in [2.75, 3.05) is 18.0 Å². The number of aromatic nitrogens is 2. The lowest BCUT2D eigenvalue weighted by molar-refractivity contribution is -0.149. The summed E-state index contributed by atoms with van der Waals surface area (Å²) in [5.41, 5.74) is 1.58. The predicted octanol–water partition coefficient (Wildman–Crippen LogP) is 2.69. The summed E-state index contributed by atoms with van der Waals surface area (Å²) in [4.78, 5) is 22.8. The number of hydrogen-bond acceptors (Lipinski definition) is 5. The van der Waals surface area contributed by atoms with Crippen LogP contribution < -0.4 is 4.90 Å². The van der Waals surface area contributed by atoms with Gasteiger partial charge in [-0.15, -0.1) is 11.3 Å². The molecule has 1 saturated heterocycles. The van der Waals surface area contributed by atoms with Crippen LogP contribution in [-0.4, -0.2) is 34.1 Å². The van der Waals surface area contributed by atoms with E-state index in [9.17, 15) is 9.90 Å². The monoisotopic (exact) mass is 303 g/mol. The largest absolute Gasteiger partial charge is 0.481 e. The van der Waals surface area contributed by atoms with Crippen molar-refractivity contribution in [1.82, 2.24) is 9.97 Å². The summed E-state index contributed by atoms with van der Waals surface area (Å²) in [5.74, 6) is 0.523. The van der Waals surface area contributed by atoms with Gasteiger partial charge in [0.05, 0.1) is 15.6 Å². The van der Waals surface area contributed by atoms with E-state index in [2.05, 4.69) is 20.2 Å². The highest BCUT2D eigenvalue weighted by atomic mass is 32.1. The molecule has 110 valence electrons. The molecule has 0 unspecified atom stereocenters. The van der Waals surface area contributed by atoms with Crippen molar-refractivity contribution >= 4 is 33.3 Å². The minimum Gasteiger partial charge on any atom is -0.481 e. The lowest BCUT2D eigenvalue weighted by Crippen LogP contribution is -2.35. The maximum absolute atomic E-state index is 11.8. The Balaban J connectivity index is 1.76. The normalized spacial score (nSPS) is 28.2. The molecule has 2 atom stereocenters. The molecule has 2 aromatic rings. The van der Waals surface area contributed by atoms with E-state index in [1.165, 1.54) is 0 Å². The second kappa shape index (κ2) is 4.40. The molecule has 2 aromatic heterocycles. The number of aryl methyl sites for hydroxylation is 1. The van der Waals surface area contributed by atoms with Crippen LogP contribution in [0.3, 0.4) is 0 Å². The molecule has 0 spiro atoms. The van der Waals surface area contributed by atoms with Crippen LogP contribution >= 0.6 is 11.3 Å². The van der Waals surface area contributed by atoms with Crippen LogP contribution in [0.15, 0.2) is 11.7 Å². The molecule has 0 bridgehead atoms. The Morgan fingerprint density at radius 3 is 3.14 bits per heavy atom. The van der Waals surface area contributed by atoms with Crippen LogP contribution in [0.25, 0.3) is 10.2 Å². The van der Waals surface area contributed by atoms with E-state index in [1.54, 1.807) is 17.7 Å². The number of carbonyl (C=O) groups is 1. The maximum Gasteiger partial charge on any atom is 0.311 e. The van der Waals surface area contributed by atoms with Crippen molar-refractivity contribution in [3.63, 3.8) is 0 Å². The van der Waals surface area contributed by atoms with Crippen molar-refractivity contribution in [3.8, 4) is 0 Å². The number of rotatable bonds is 2. The van der Waals surface area contributed by atoms with Gasteiger partial charge in [0, 0.05) is 13.1 Å². The topological polar surface area (TPSA) is 66.3 Å². The van der Waals surface area contributed by atoms with E-state index in [0.29, 0.717) is 6.54 Å². The third kappa shape index (κ3) is 1.71. The average Bonchev–Trinajstić information content (AvgIpc) is 3.11. The molecule has 4 rings (SSSR count). The third-order valence-corrected chi connectivity index (χ3v) is 6.19. The highest BCUT2D eigenvalue weighted by Gasteiger charge is 2.55. The summed E-state index contributed by atoms with van der Waals surface area (Å²) >= 11 is 1.65. The molecule has 0 aromatic carbocycles. The molecule has 1 aliphatic carbocycles. The Labute approximate surface area is 126 Å². The van der Waals surface area contributed by atoms with E-state index in [1.807, 2.05) is 6.92 Å². The van der Waals surface area contributed by atoms with Gasteiger partial charge in [0.25, 0.3) is 0 Å². The number of hydrogen-bond donors (Lipinski definition) is 1. The summed E-state index contributed by atoms with van der Waals surface area (Å²) in [5, 5.41) is 11.8. The molecular weight excluding hydrogens is 286 g/mol. The summed E-state index contributed by atoms with van der Waals surface area (Å²) in [6, 6.07) is 0. The highest BCUT2D eigenvalue weighted by molar-refractivity contribution is 7.18. The van der Waals surface area contributed by atoms with Gasteiger partial charge in [-0.25, -0.2) is 9.97 Å². The van der Waals surface area contributed by atoms with E-state index >= 15 is 0 Å². The first-order valence-electron chi connectivity index (χ1n) is 7.29. The number of thiophene rings is 1. The van der Waals surface area contributed by atoms with Crippen molar-refractivity contribution in [3.05, 3.63) is 17.3 Å². The highest BCUT2D eigenvalue weighted by Crippen LogP contribution is 2.50. The van der Waals surface area contributed by atoms with Crippen molar-refractivity contribution in [1.29, 1.82) is 0 Å². The Hall–Kier alpha value is -1.69. The number of aliphatic carboxylic acids is 1. The molecule has 5 nitrogen and oxygen atoms in total. The van der Waals surface area contributed by atoms with Gasteiger partial charge in [0.2, 0.25) is 0 Å². The molecular formula is C15H17N3O2S. The fraction of sp³-hybridized carbons (Fsp3) is 0.533. The number of carboxylic acids is 1. The standard InChI is InChI=1S/C15H17N3O2S/c1-9-6-21-12-11(9)16-8-17-13(12)18-5-10-3-2-4-15(10,7-18)14(19)20/h6,8,10H,2-5,7H2,1H3,(H,19,20)/t10-,15+/m0/s1. The fourth-order valence-corrected chi connectivity index (χ4v) is 5.00. The van der Waals surface area contributed by atoms with Crippen molar-refractivity contribution in [2.24, 2.45) is 11.3 Å². The Morgan fingerprint density at radius 1 is 1.52 bits per heavy atom. The average molecular weight is 303 g/mol. The first kappa shape index (κ1) is 13.0. The predicted molar refractivity (Wildman–Crippen MR) is 81.8 cm³/mol. The van der Waals surface area contributed by atoms with Crippen molar-refractivity contribution in [2.45, 2.75) is 26.2 Å².